The summed E-state index contributed by atoms with van der Waals surface area (Å²) >= 11 is 0. The summed E-state index contributed by atoms with van der Waals surface area (Å²) < 4.78 is 11.1. The fourth-order valence-electron chi connectivity index (χ4n) is 2.36. The summed E-state index contributed by atoms with van der Waals surface area (Å²) in [5.41, 5.74) is 0.0536. The molecule has 0 spiro atoms. The first-order chi connectivity index (χ1) is 9.60. The van der Waals surface area contributed by atoms with Crippen molar-refractivity contribution < 1.29 is 14.3 Å². The topological polar surface area (TPSA) is 47.6 Å². The van der Waals surface area contributed by atoms with Crippen LogP contribution in [0.5, 0.6) is 5.75 Å². The summed E-state index contributed by atoms with van der Waals surface area (Å²) in [4.78, 5) is 12.4. The van der Waals surface area contributed by atoms with Gasteiger partial charge in [0.05, 0.1) is 6.61 Å². The van der Waals surface area contributed by atoms with E-state index in [0.29, 0.717) is 19.1 Å². The fourth-order valence-corrected chi connectivity index (χ4v) is 2.36. The molecule has 1 N–H and O–H groups in total. The second kappa shape index (κ2) is 6.27. The minimum atomic E-state index is -0.715. The zero-order chi connectivity index (χ0) is 14.6. The molecule has 4 heteroatoms. The van der Waals surface area contributed by atoms with Crippen LogP contribution >= 0.6 is 0 Å². The minimum Gasteiger partial charge on any atom is -0.494 e. The molecule has 1 amide bonds. The van der Waals surface area contributed by atoms with Crippen molar-refractivity contribution >= 4 is 11.6 Å². The Labute approximate surface area is 120 Å². The van der Waals surface area contributed by atoms with Crippen LogP contribution < -0.4 is 10.1 Å². The molecule has 2 rings (SSSR count). The number of carbonyl (C=O) groups excluding carboxylic acids is 1. The molecule has 0 radical (unpaired) electrons. The third-order valence-electron chi connectivity index (χ3n) is 3.67. The van der Waals surface area contributed by atoms with Gasteiger partial charge in [0.15, 0.2) is 0 Å². The van der Waals surface area contributed by atoms with E-state index in [0.717, 1.165) is 24.3 Å². The summed E-state index contributed by atoms with van der Waals surface area (Å²) in [7, 11) is 0. The zero-order valence-electron chi connectivity index (χ0n) is 12.4. The van der Waals surface area contributed by atoms with E-state index in [4.69, 9.17) is 9.47 Å². The number of hydrogen-bond donors (Lipinski definition) is 1. The Morgan fingerprint density at radius 3 is 2.40 bits per heavy atom. The van der Waals surface area contributed by atoms with Crippen LogP contribution in [0.1, 0.15) is 33.6 Å². The molecule has 110 valence electrons. The Balaban J connectivity index is 2.02. The maximum atomic E-state index is 12.4. The van der Waals surface area contributed by atoms with Gasteiger partial charge >= 0.3 is 0 Å². The number of benzene rings is 1. The molecular formula is C16H23NO3. The minimum absolute atomic E-state index is 0.0639. The Morgan fingerprint density at radius 2 is 1.90 bits per heavy atom. The summed E-state index contributed by atoms with van der Waals surface area (Å²) in [6.07, 6.45) is 2.13. The fraction of sp³-hybridized carbons (Fsp3) is 0.562. The van der Waals surface area contributed by atoms with Crippen molar-refractivity contribution in [3.05, 3.63) is 24.3 Å². The van der Waals surface area contributed by atoms with Gasteiger partial charge in [-0.1, -0.05) is 0 Å². The van der Waals surface area contributed by atoms with Crippen LogP contribution in [0.4, 0.5) is 5.69 Å². The smallest absolute Gasteiger partial charge is 0.256 e. The lowest BCUT2D eigenvalue weighted by molar-refractivity contribution is -0.141. The highest BCUT2D eigenvalue weighted by Crippen LogP contribution is 2.42. The van der Waals surface area contributed by atoms with Crippen LogP contribution in [0, 0.1) is 5.92 Å². The van der Waals surface area contributed by atoms with Crippen LogP contribution in [0.15, 0.2) is 24.3 Å². The molecule has 1 fully saturated rings. The second-order valence-electron chi connectivity index (χ2n) is 5.23. The van der Waals surface area contributed by atoms with Crippen molar-refractivity contribution in [3.63, 3.8) is 0 Å². The first-order valence-corrected chi connectivity index (χ1v) is 7.28. The van der Waals surface area contributed by atoms with Gasteiger partial charge in [-0.15, -0.1) is 0 Å². The van der Waals surface area contributed by atoms with E-state index in [-0.39, 0.29) is 5.91 Å². The Kier molecular flexibility index (Phi) is 4.65. The average molecular weight is 277 g/mol. The Bertz CT molecular complexity index is 453. The van der Waals surface area contributed by atoms with Crippen LogP contribution in [-0.2, 0) is 9.53 Å². The van der Waals surface area contributed by atoms with E-state index in [2.05, 4.69) is 5.32 Å². The maximum Gasteiger partial charge on any atom is 0.256 e. The van der Waals surface area contributed by atoms with Crippen molar-refractivity contribution in [3.8, 4) is 5.75 Å². The lowest BCUT2D eigenvalue weighted by Crippen LogP contribution is -2.44. The summed E-state index contributed by atoms with van der Waals surface area (Å²) in [5, 5.41) is 2.94. The van der Waals surface area contributed by atoms with Gasteiger partial charge in [0.1, 0.15) is 11.4 Å². The molecular weight excluding hydrogens is 254 g/mol. The molecule has 0 aromatic heterocycles. The SMILES string of the molecule is CCOc1ccc(NC(=O)C(C)(OCC)C2CC2)cc1. The molecule has 1 saturated carbocycles. The lowest BCUT2D eigenvalue weighted by atomic mass is 9.99. The summed E-state index contributed by atoms with van der Waals surface area (Å²) in [6.45, 7) is 6.93. The van der Waals surface area contributed by atoms with Crippen molar-refractivity contribution in [1.29, 1.82) is 0 Å². The van der Waals surface area contributed by atoms with Crippen LogP contribution in [0.25, 0.3) is 0 Å². The molecule has 1 aromatic carbocycles. The molecule has 1 unspecified atom stereocenters. The van der Waals surface area contributed by atoms with E-state index in [1.807, 2.05) is 45.0 Å². The van der Waals surface area contributed by atoms with Gasteiger partial charge in [0.25, 0.3) is 5.91 Å². The van der Waals surface area contributed by atoms with Crippen molar-refractivity contribution in [2.75, 3.05) is 18.5 Å². The largest absolute Gasteiger partial charge is 0.494 e. The highest BCUT2D eigenvalue weighted by molar-refractivity contribution is 5.97. The molecule has 20 heavy (non-hydrogen) atoms. The Morgan fingerprint density at radius 1 is 1.25 bits per heavy atom. The first-order valence-electron chi connectivity index (χ1n) is 7.28. The highest BCUT2D eigenvalue weighted by atomic mass is 16.5. The van der Waals surface area contributed by atoms with Gasteiger partial charge in [-0.25, -0.2) is 0 Å². The molecule has 0 aliphatic heterocycles. The molecule has 1 aliphatic rings. The third kappa shape index (κ3) is 3.31. The number of amides is 1. The molecule has 0 bridgehead atoms. The highest BCUT2D eigenvalue weighted by Gasteiger charge is 2.48. The number of nitrogens with one attached hydrogen (secondary N) is 1. The summed E-state index contributed by atoms with van der Waals surface area (Å²) in [5.74, 6) is 1.08. The lowest BCUT2D eigenvalue weighted by Gasteiger charge is -2.28. The van der Waals surface area contributed by atoms with Gasteiger partial charge in [-0.3, -0.25) is 4.79 Å². The van der Waals surface area contributed by atoms with Gasteiger partial charge in [-0.05, 0) is 63.8 Å². The van der Waals surface area contributed by atoms with E-state index < -0.39 is 5.60 Å². The normalized spacial score (nSPS) is 17.4. The molecule has 1 aliphatic carbocycles. The quantitative estimate of drug-likeness (QED) is 0.832. The number of hydrogen-bond acceptors (Lipinski definition) is 3. The number of rotatable bonds is 7. The van der Waals surface area contributed by atoms with E-state index in [1.54, 1.807) is 0 Å². The molecule has 1 atom stereocenters. The summed E-state index contributed by atoms with van der Waals surface area (Å²) in [6, 6.07) is 7.41. The number of ether oxygens (including phenoxy) is 2. The van der Waals surface area contributed by atoms with Gasteiger partial charge in [0.2, 0.25) is 0 Å². The molecule has 4 nitrogen and oxygen atoms in total. The van der Waals surface area contributed by atoms with Crippen LogP contribution in [-0.4, -0.2) is 24.7 Å². The van der Waals surface area contributed by atoms with E-state index >= 15 is 0 Å². The standard InChI is InChI=1S/C16H23NO3/c1-4-19-14-10-8-13(9-11-14)17-15(18)16(3,20-5-2)12-6-7-12/h8-12H,4-7H2,1-3H3,(H,17,18). The predicted molar refractivity (Wildman–Crippen MR) is 79.0 cm³/mol. The van der Waals surface area contributed by atoms with Crippen molar-refractivity contribution in [2.45, 2.75) is 39.2 Å². The van der Waals surface area contributed by atoms with E-state index in [1.165, 1.54) is 0 Å². The second-order valence-corrected chi connectivity index (χ2v) is 5.23. The molecule has 1 aromatic rings. The van der Waals surface area contributed by atoms with E-state index in [9.17, 15) is 4.79 Å². The maximum absolute atomic E-state index is 12.4. The van der Waals surface area contributed by atoms with Gasteiger partial charge in [-0.2, -0.15) is 0 Å². The molecule has 0 heterocycles. The average Bonchev–Trinajstić information content (AvgIpc) is 3.26. The first kappa shape index (κ1) is 14.9. The van der Waals surface area contributed by atoms with Crippen LogP contribution in [0.3, 0.4) is 0 Å². The zero-order valence-corrected chi connectivity index (χ0v) is 12.4. The van der Waals surface area contributed by atoms with Gasteiger partial charge in [0, 0.05) is 12.3 Å². The van der Waals surface area contributed by atoms with Crippen molar-refractivity contribution in [1.82, 2.24) is 0 Å². The monoisotopic (exact) mass is 277 g/mol. The van der Waals surface area contributed by atoms with Crippen LogP contribution in [0.2, 0.25) is 0 Å². The Hall–Kier alpha value is -1.55. The number of anilines is 1. The van der Waals surface area contributed by atoms with Gasteiger partial charge < -0.3 is 14.8 Å². The third-order valence-corrected chi connectivity index (χ3v) is 3.67. The predicted octanol–water partition coefficient (Wildman–Crippen LogP) is 3.23. The number of carbonyl (C=O) groups is 1. The van der Waals surface area contributed by atoms with Crippen molar-refractivity contribution in [2.24, 2.45) is 5.92 Å². The molecule has 0 saturated heterocycles.